The van der Waals surface area contributed by atoms with E-state index in [1.54, 1.807) is 37.4 Å². The normalized spacial score (nSPS) is 11.4. The fourth-order valence-electron chi connectivity index (χ4n) is 2.02. The number of nitrogens with two attached hydrogens (primary N) is 1. The smallest absolute Gasteiger partial charge is 0.261 e. The van der Waals surface area contributed by atoms with Crippen molar-refractivity contribution in [1.82, 2.24) is 0 Å². The monoisotopic (exact) mass is 287 g/mol. The summed E-state index contributed by atoms with van der Waals surface area (Å²) < 4.78 is 5.28. The zero-order valence-electron chi connectivity index (χ0n) is 11.9. The third-order valence-corrected chi connectivity index (χ3v) is 3.26. The van der Waals surface area contributed by atoms with Gasteiger partial charge >= 0.3 is 0 Å². The van der Waals surface area contributed by atoms with Crippen molar-refractivity contribution in [3.8, 4) is 0 Å². The fraction of sp³-hybridized carbons (Fsp3) is 0.200. The van der Waals surface area contributed by atoms with Gasteiger partial charge in [-0.3, -0.25) is 4.79 Å². The number of aryl methyl sites for hydroxylation is 1. The van der Waals surface area contributed by atoms with Gasteiger partial charge in [0, 0.05) is 24.7 Å². The molecule has 0 radical (unpaired) electrons. The van der Waals surface area contributed by atoms with Crippen LogP contribution in [0.15, 0.2) is 46.2 Å². The molecule has 1 aromatic carbocycles. The molecule has 3 N–H and O–H groups in total. The molecule has 1 heterocycles. The number of furan rings is 1. The number of oxime groups is 1. The van der Waals surface area contributed by atoms with Gasteiger partial charge in [0.2, 0.25) is 0 Å². The number of amides is 1. The highest BCUT2D eigenvalue weighted by atomic mass is 16.4. The molecule has 0 aliphatic rings. The summed E-state index contributed by atoms with van der Waals surface area (Å²) in [5, 5.41) is 11.6. The Morgan fingerprint density at radius 1 is 1.33 bits per heavy atom. The van der Waals surface area contributed by atoms with Crippen LogP contribution in [0.2, 0.25) is 0 Å². The van der Waals surface area contributed by atoms with Crippen molar-refractivity contribution in [2.24, 2.45) is 10.9 Å². The SMILES string of the molecule is CCc1occc1C(=O)N(C)c1ccc(/C(N)=N/O)cc1. The predicted molar refractivity (Wildman–Crippen MR) is 79.8 cm³/mol. The maximum Gasteiger partial charge on any atom is 0.261 e. The number of benzene rings is 1. The van der Waals surface area contributed by atoms with Crippen molar-refractivity contribution in [2.75, 3.05) is 11.9 Å². The average molecular weight is 287 g/mol. The Balaban J connectivity index is 2.24. The molecule has 1 aromatic heterocycles. The molecule has 2 aromatic rings. The van der Waals surface area contributed by atoms with Crippen LogP contribution in [0.4, 0.5) is 5.69 Å². The number of rotatable bonds is 4. The van der Waals surface area contributed by atoms with Crippen molar-refractivity contribution < 1.29 is 14.4 Å². The lowest BCUT2D eigenvalue weighted by Crippen LogP contribution is -2.26. The zero-order chi connectivity index (χ0) is 15.4. The molecule has 1 amide bonds. The van der Waals surface area contributed by atoms with Crippen LogP contribution in [0.1, 0.15) is 28.6 Å². The van der Waals surface area contributed by atoms with Gasteiger partial charge in [-0.25, -0.2) is 0 Å². The summed E-state index contributed by atoms with van der Waals surface area (Å²) in [7, 11) is 1.69. The molecule has 0 unspecified atom stereocenters. The summed E-state index contributed by atoms with van der Waals surface area (Å²) in [6.45, 7) is 1.93. The van der Waals surface area contributed by atoms with Gasteiger partial charge in [0.1, 0.15) is 5.76 Å². The third kappa shape index (κ3) is 2.89. The van der Waals surface area contributed by atoms with E-state index < -0.39 is 0 Å². The van der Waals surface area contributed by atoms with Gasteiger partial charge < -0.3 is 20.3 Å². The van der Waals surface area contributed by atoms with E-state index in [4.69, 9.17) is 15.4 Å². The predicted octanol–water partition coefficient (Wildman–Crippen LogP) is 2.21. The second-order valence-electron chi connectivity index (χ2n) is 4.51. The molecule has 6 heteroatoms. The lowest BCUT2D eigenvalue weighted by molar-refractivity contribution is 0.0991. The lowest BCUT2D eigenvalue weighted by Gasteiger charge is -2.17. The van der Waals surface area contributed by atoms with Gasteiger partial charge in [0.15, 0.2) is 5.84 Å². The van der Waals surface area contributed by atoms with E-state index >= 15 is 0 Å². The summed E-state index contributed by atoms with van der Waals surface area (Å²) in [5.74, 6) is 0.552. The Bertz CT molecular complexity index is 659. The largest absolute Gasteiger partial charge is 0.469 e. The molecule has 0 spiro atoms. The Hall–Kier alpha value is -2.76. The Morgan fingerprint density at radius 2 is 2.00 bits per heavy atom. The van der Waals surface area contributed by atoms with Crippen molar-refractivity contribution >= 4 is 17.4 Å². The first-order valence-corrected chi connectivity index (χ1v) is 6.50. The van der Waals surface area contributed by atoms with Crippen molar-refractivity contribution in [1.29, 1.82) is 0 Å². The van der Waals surface area contributed by atoms with Gasteiger partial charge in [-0.05, 0) is 30.3 Å². The van der Waals surface area contributed by atoms with Crippen LogP contribution in [-0.2, 0) is 6.42 Å². The van der Waals surface area contributed by atoms with E-state index in [9.17, 15) is 4.79 Å². The van der Waals surface area contributed by atoms with Gasteiger partial charge in [-0.1, -0.05) is 12.1 Å². The van der Waals surface area contributed by atoms with Crippen LogP contribution in [0.3, 0.4) is 0 Å². The van der Waals surface area contributed by atoms with E-state index in [-0.39, 0.29) is 11.7 Å². The fourth-order valence-corrected chi connectivity index (χ4v) is 2.02. The van der Waals surface area contributed by atoms with Crippen LogP contribution in [-0.4, -0.2) is 24.0 Å². The van der Waals surface area contributed by atoms with E-state index in [0.29, 0.717) is 29.0 Å². The summed E-state index contributed by atoms with van der Waals surface area (Å²) in [4.78, 5) is 14.0. The molecule has 0 fully saturated rings. The number of nitrogens with zero attached hydrogens (tertiary/aromatic N) is 2. The molecule has 0 aliphatic carbocycles. The van der Waals surface area contributed by atoms with E-state index in [1.165, 1.54) is 11.2 Å². The highest BCUT2D eigenvalue weighted by molar-refractivity contribution is 6.06. The van der Waals surface area contributed by atoms with Crippen molar-refractivity contribution in [2.45, 2.75) is 13.3 Å². The Morgan fingerprint density at radius 3 is 2.57 bits per heavy atom. The van der Waals surface area contributed by atoms with Gasteiger partial charge in [0.05, 0.1) is 11.8 Å². The second-order valence-corrected chi connectivity index (χ2v) is 4.51. The number of anilines is 1. The van der Waals surface area contributed by atoms with Crippen molar-refractivity contribution in [3.05, 3.63) is 53.5 Å². The lowest BCUT2D eigenvalue weighted by atomic mass is 10.1. The standard InChI is InChI=1S/C15H17N3O3/c1-3-13-12(8-9-21-13)15(19)18(2)11-6-4-10(5-7-11)14(16)17-20/h4-9,20H,3H2,1-2H3,(H2,16,17). The number of hydrogen-bond donors (Lipinski definition) is 2. The molecular formula is C15H17N3O3. The van der Waals surface area contributed by atoms with Crippen LogP contribution in [0.5, 0.6) is 0 Å². The summed E-state index contributed by atoms with van der Waals surface area (Å²) in [6, 6.07) is 8.50. The molecule has 0 aliphatic heterocycles. The first-order valence-electron chi connectivity index (χ1n) is 6.50. The minimum atomic E-state index is -0.142. The third-order valence-electron chi connectivity index (χ3n) is 3.26. The maximum absolute atomic E-state index is 12.4. The molecular weight excluding hydrogens is 270 g/mol. The first kappa shape index (κ1) is 14.6. The number of carbonyl (C=O) groups excluding carboxylic acids is 1. The molecule has 21 heavy (non-hydrogen) atoms. The molecule has 110 valence electrons. The van der Waals surface area contributed by atoms with E-state index in [2.05, 4.69) is 5.16 Å². The number of amidine groups is 1. The van der Waals surface area contributed by atoms with E-state index in [1.807, 2.05) is 6.92 Å². The highest BCUT2D eigenvalue weighted by Crippen LogP contribution is 2.19. The quantitative estimate of drug-likeness (QED) is 0.390. The number of carbonyl (C=O) groups is 1. The molecule has 0 bridgehead atoms. The highest BCUT2D eigenvalue weighted by Gasteiger charge is 2.18. The van der Waals surface area contributed by atoms with E-state index in [0.717, 1.165) is 0 Å². The summed E-state index contributed by atoms with van der Waals surface area (Å²) in [5.41, 5.74) is 7.35. The van der Waals surface area contributed by atoms with Gasteiger partial charge in [-0.2, -0.15) is 0 Å². The number of hydrogen-bond acceptors (Lipinski definition) is 4. The topological polar surface area (TPSA) is 92.1 Å². The van der Waals surface area contributed by atoms with Crippen LogP contribution < -0.4 is 10.6 Å². The second kappa shape index (κ2) is 6.13. The maximum atomic E-state index is 12.4. The first-order chi connectivity index (χ1) is 10.1. The molecule has 0 saturated carbocycles. The molecule has 2 rings (SSSR count). The summed E-state index contributed by atoms with van der Waals surface area (Å²) in [6.07, 6.45) is 2.17. The van der Waals surface area contributed by atoms with Gasteiger partial charge in [0.25, 0.3) is 5.91 Å². The van der Waals surface area contributed by atoms with Crippen LogP contribution >= 0.6 is 0 Å². The minimum absolute atomic E-state index is 0.0265. The van der Waals surface area contributed by atoms with Crippen LogP contribution in [0, 0.1) is 0 Å². The summed E-state index contributed by atoms with van der Waals surface area (Å²) >= 11 is 0. The van der Waals surface area contributed by atoms with Crippen LogP contribution in [0.25, 0.3) is 0 Å². The Kier molecular flexibility index (Phi) is 4.27. The zero-order valence-corrected chi connectivity index (χ0v) is 11.9. The average Bonchev–Trinajstić information content (AvgIpc) is 3.01. The molecule has 6 nitrogen and oxygen atoms in total. The van der Waals surface area contributed by atoms with Gasteiger partial charge in [-0.15, -0.1) is 0 Å². The Labute approximate surface area is 122 Å². The molecule has 0 saturated heterocycles. The van der Waals surface area contributed by atoms with Crippen molar-refractivity contribution in [3.63, 3.8) is 0 Å². The molecule has 0 atom stereocenters. The minimum Gasteiger partial charge on any atom is -0.469 e.